The molecule has 1 atom stereocenters. The van der Waals surface area contributed by atoms with Crippen LogP contribution >= 0.6 is 0 Å². The number of fused-ring (bicyclic) bond motifs is 1. The van der Waals surface area contributed by atoms with E-state index in [2.05, 4.69) is 27.7 Å². The molecule has 0 aromatic heterocycles. The molecule has 0 radical (unpaired) electrons. The van der Waals surface area contributed by atoms with Crippen molar-refractivity contribution < 1.29 is 19.5 Å². The molecule has 8 heteroatoms. The van der Waals surface area contributed by atoms with E-state index in [1.54, 1.807) is 4.90 Å². The molecular weight excluding hydrogens is 420 g/mol. The first-order valence-corrected chi connectivity index (χ1v) is 11.4. The SMILES string of the molecule is O=C1CCC(N2Cc3cc(CN(Cc4ccccc4)CC4(O)CNC4)ccc3C2=O)C(=O)N1. The Balaban J connectivity index is 1.32. The first kappa shape index (κ1) is 21.8. The smallest absolute Gasteiger partial charge is 0.255 e. The summed E-state index contributed by atoms with van der Waals surface area (Å²) in [5.41, 5.74) is 3.00. The number of benzene rings is 2. The molecule has 2 aromatic carbocycles. The van der Waals surface area contributed by atoms with Crippen molar-refractivity contribution in [3.63, 3.8) is 0 Å². The molecule has 172 valence electrons. The van der Waals surface area contributed by atoms with Crippen molar-refractivity contribution in [3.05, 3.63) is 70.8 Å². The molecule has 0 aliphatic carbocycles. The maximum Gasteiger partial charge on any atom is 0.255 e. The molecule has 2 fully saturated rings. The molecule has 3 N–H and O–H groups in total. The van der Waals surface area contributed by atoms with Gasteiger partial charge >= 0.3 is 0 Å². The second-order valence-electron chi connectivity index (χ2n) is 9.35. The highest BCUT2D eigenvalue weighted by Crippen LogP contribution is 2.29. The number of rotatable bonds is 7. The number of hydrogen-bond acceptors (Lipinski definition) is 6. The van der Waals surface area contributed by atoms with Crippen LogP contribution in [-0.2, 0) is 29.2 Å². The zero-order chi connectivity index (χ0) is 23.0. The summed E-state index contributed by atoms with van der Waals surface area (Å²) in [6.45, 7) is 3.42. The van der Waals surface area contributed by atoms with E-state index in [1.165, 1.54) is 5.56 Å². The Hall–Kier alpha value is -3.07. The lowest BCUT2D eigenvalue weighted by Gasteiger charge is -2.41. The van der Waals surface area contributed by atoms with Crippen molar-refractivity contribution in [1.29, 1.82) is 0 Å². The van der Waals surface area contributed by atoms with E-state index in [4.69, 9.17) is 0 Å². The molecule has 3 aliphatic heterocycles. The number of nitrogens with one attached hydrogen (secondary N) is 2. The van der Waals surface area contributed by atoms with Crippen molar-refractivity contribution in [3.8, 4) is 0 Å². The fourth-order valence-corrected chi connectivity index (χ4v) is 4.94. The Bertz CT molecular complexity index is 1080. The van der Waals surface area contributed by atoms with Crippen LogP contribution in [0.25, 0.3) is 0 Å². The second kappa shape index (κ2) is 8.70. The van der Waals surface area contributed by atoms with Gasteiger partial charge in [0, 0.05) is 51.3 Å². The van der Waals surface area contributed by atoms with Crippen LogP contribution in [0.3, 0.4) is 0 Å². The number of carbonyl (C=O) groups excluding carboxylic acids is 3. The van der Waals surface area contributed by atoms with E-state index in [-0.39, 0.29) is 18.2 Å². The number of nitrogens with zero attached hydrogens (tertiary/aromatic N) is 2. The van der Waals surface area contributed by atoms with Gasteiger partial charge in [0.15, 0.2) is 0 Å². The van der Waals surface area contributed by atoms with Gasteiger partial charge in [0.2, 0.25) is 11.8 Å². The predicted octanol–water partition coefficient (Wildman–Crippen LogP) is 0.784. The van der Waals surface area contributed by atoms with E-state index in [0.717, 1.165) is 11.1 Å². The molecule has 1 unspecified atom stereocenters. The summed E-state index contributed by atoms with van der Waals surface area (Å²) < 4.78 is 0. The van der Waals surface area contributed by atoms with Crippen LogP contribution in [0, 0.1) is 0 Å². The third kappa shape index (κ3) is 4.55. The lowest BCUT2D eigenvalue weighted by molar-refractivity contribution is -0.136. The van der Waals surface area contributed by atoms with Crippen molar-refractivity contribution in [2.45, 2.75) is 44.1 Å². The first-order chi connectivity index (χ1) is 15.9. The van der Waals surface area contributed by atoms with Crippen molar-refractivity contribution in [2.24, 2.45) is 0 Å². The van der Waals surface area contributed by atoms with Gasteiger partial charge in [0.05, 0.1) is 0 Å². The minimum Gasteiger partial charge on any atom is -0.386 e. The van der Waals surface area contributed by atoms with Gasteiger partial charge in [-0.15, -0.1) is 0 Å². The van der Waals surface area contributed by atoms with Gasteiger partial charge in [0.25, 0.3) is 5.91 Å². The molecule has 0 saturated carbocycles. The molecule has 0 spiro atoms. The molecule has 3 heterocycles. The predicted molar refractivity (Wildman–Crippen MR) is 121 cm³/mol. The highest BCUT2D eigenvalue weighted by Gasteiger charge is 2.39. The van der Waals surface area contributed by atoms with Gasteiger partial charge in [0.1, 0.15) is 11.6 Å². The third-order valence-electron chi connectivity index (χ3n) is 6.67. The Morgan fingerprint density at radius 3 is 2.48 bits per heavy atom. The van der Waals surface area contributed by atoms with Crippen LogP contribution in [0.2, 0.25) is 0 Å². The Labute approximate surface area is 192 Å². The monoisotopic (exact) mass is 448 g/mol. The molecule has 5 rings (SSSR count). The molecule has 33 heavy (non-hydrogen) atoms. The Kier molecular flexibility index (Phi) is 5.74. The van der Waals surface area contributed by atoms with Crippen LogP contribution < -0.4 is 10.6 Å². The van der Waals surface area contributed by atoms with Gasteiger partial charge in [-0.2, -0.15) is 0 Å². The standard InChI is InChI=1S/C25H28N4O4/c30-22-9-8-21(23(31)27-22)29-13-19-10-18(6-7-20(19)24(29)32)12-28(16-25(33)14-26-15-25)11-17-4-2-1-3-5-17/h1-7,10,21,26,33H,8-9,11-16H2,(H,27,30,31). The fraction of sp³-hybridized carbons (Fsp3) is 0.400. The number of aliphatic hydroxyl groups is 1. The Morgan fingerprint density at radius 2 is 1.79 bits per heavy atom. The molecule has 2 saturated heterocycles. The van der Waals surface area contributed by atoms with E-state index in [1.807, 2.05) is 36.4 Å². The van der Waals surface area contributed by atoms with E-state index in [9.17, 15) is 19.5 Å². The highest BCUT2D eigenvalue weighted by molar-refractivity contribution is 6.05. The zero-order valence-electron chi connectivity index (χ0n) is 18.4. The van der Waals surface area contributed by atoms with Crippen molar-refractivity contribution in [2.75, 3.05) is 19.6 Å². The summed E-state index contributed by atoms with van der Waals surface area (Å²) in [6, 6.07) is 15.4. The number of amides is 3. The number of piperidine rings is 1. The summed E-state index contributed by atoms with van der Waals surface area (Å²) in [7, 11) is 0. The van der Waals surface area contributed by atoms with Crippen molar-refractivity contribution >= 4 is 17.7 Å². The summed E-state index contributed by atoms with van der Waals surface area (Å²) in [5, 5.41) is 16.2. The fourth-order valence-electron chi connectivity index (χ4n) is 4.94. The number of imide groups is 1. The summed E-state index contributed by atoms with van der Waals surface area (Å²) in [4.78, 5) is 40.5. The van der Waals surface area contributed by atoms with Gasteiger partial charge in [-0.1, -0.05) is 42.5 Å². The van der Waals surface area contributed by atoms with Gasteiger partial charge in [-0.05, 0) is 29.2 Å². The van der Waals surface area contributed by atoms with Gasteiger partial charge < -0.3 is 15.3 Å². The topological polar surface area (TPSA) is 102 Å². The van der Waals surface area contributed by atoms with Crippen LogP contribution in [0.15, 0.2) is 48.5 Å². The van der Waals surface area contributed by atoms with E-state index < -0.39 is 17.6 Å². The Morgan fingerprint density at radius 1 is 1.03 bits per heavy atom. The number of β-amino-alcohol motifs (C(OH)–C–C–N with tert-alkyl or cyclic N) is 1. The third-order valence-corrected chi connectivity index (χ3v) is 6.67. The maximum absolute atomic E-state index is 12.9. The molecule has 2 aromatic rings. The molecule has 3 amide bonds. The minimum atomic E-state index is -0.732. The van der Waals surface area contributed by atoms with E-state index >= 15 is 0 Å². The van der Waals surface area contributed by atoms with Crippen LogP contribution in [0.5, 0.6) is 0 Å². The highest BCUT2D eigenvalue weighted by atomic mass is 16.3. The zero-order valence-corrected chi connectivity index (χ0v) is 18.4. The second-order valence-corrected chi connectivity index (χ2v) is 9.35. The lowest BCUT2D eigenvalue weighted by atomic mass is 9.96. The molecular formula is C25H28N4O4. The van der Waals surface area contributed by atoms with Crippen LogP contribution in [0.4, 0.5) is 0 Å². The van der Waals surface area contributed by atoms with Crippen molar-refractivity contribution in [1.82, 2.24) is 20.4 Å². The largest absolute Gasteiger partial charge is 0.386 e. The molecule has 3 aliphatic rings. The molecule has 0 bridgehead atoms. The maximum atomic E-state index is 12.9. The minimum absolute atomic E-state index is 0.165. The first-order valence-electron chi connectivity index (χ1n) is 11.4. The quantitative estimate of drug-likeness (QED) is 0.542. The number of hydrogen-bond donors (Lipinski definition) is 3. The van der Waals surface area contributed by atoms with Crippen LogP contribution in [-0.4, -0.2) is 63.9 Å². The average Bonchev–Trinajstić information content (AvgIpc) is 3.09. The lowest BCUT2D eigenvalue weighted by Crippen LogP contribution is -2.64. The van der Waals surface area contributed by atoms with Crippen LogP contribution in [0.1, 0.15) is 39.9 Å². The van der Waals surface area contributed by atoms with Gasteiger partial charge in [-0.25, -0.2) is 0 Å². The number of carbonyl (C=O) groups is 3. The average molecular weight is 449 g/mol. The van der Waals surface area contributed by atoms with E-state index in [0.29, 0.717) is 51.3 Å². The summed E-state index contributed by atoms with van der Waals surface area (Å²) >= 11 is 0. The molecule has 8 nitrogen and oxygen atoms in total. The van der Waals surface area contributed by atoms with Gasteiger partial charge in [-0.3, -0.25) is 24.6 Å². The normalized spacial score (nSPS) is 21.7. The summed E-state index contributed by atoms with van der Waals surface area (Å²) in [6.07, 6.45) is 0.600. The summed E-state index contributed by atoms with van der Waals surface area (Å²) in [5.74, 6) is -0.851.